The fourth-order valence-corrected chi connectivity index (χ4v) is 1.06. The van der Waals surface area contributed by atoms with Crippen molar-refractivity contribution >= 4 is 5.97 Å². The van der Waals surface area contributed by atoms with Gasteiger partial charge in [-0.25, -0.2) is 4.79 Å². The quantitative estimate of drug-likeness (QED) is 0.588. The first-order valence-electron chi connectivity index (χ1n) is 3.75. The molecule has 3 N–H and O–H groups in total. The summed E-state index contributed by atoms with van der Waals surface area (Å²) >= 11 is 0. The van der Waals surface area contributed by atoms with E-state index in [0.29, 0.717) is 11.4 Å². The monoisotopic (exact) mass is 194 g/mol. The molecular formula is C6H6N6O2. The summed E-state index contributed by atoms with van der Waals surface area (Å²) in [5, 5.41) is 27.8. The lowest BCUT2D eigenvalue weighted by Gasteiger charge is -1.93. The van der Waals surface area contributed by atoms with Crippen LogP contribution >= 0.6 is 0 Å². The fraction of sp³-hybridized carbons (Fsp3) is 0.167. The van der Waals surface area contributed by atoms with Crippen LogP contribution in [0.15, 0.2) is 6.20 Å². The summed E-state index contributed by atoms with van der Waals surface area (Å²) < 4.78 is 0. The van der Waals surface area contributed by atoms with Crippen LogP contribution in [-0.2, 0) is 6.42 Å². The van der Waals surface area contributed by atoms with E-state index in [1.165, 1.54) is 6.20 Å². The third-order valence-corrected chi connectivity index (χ3v) is 1.67. The highest BCUT2D eigenvalue weighted by Crippen LogP contribution is 2.07. The van der Waals surface area contributed by atoms with Gasteiger partial charge in [-0.15, -0.1) is 10.2 Å². The SMILES string of the molecule is O=C(O)c1[nH]ncc1Cc1nn[nH]n1. The van der Waals surface area contributed by atoms with Crippen molar-refractivity contribution in [2.24, 2.45) is 0 Å². The number of hydrogen-bond acceptors (Lipinski definition) is 5. The molecule has 8 heteroatoms. The van der Waals surface area contributed by atoms with E-state index in [4.69, 9.17) is 5.11 Å². The average Bonchev–Trinajstić information content (AvgIpc) is 2.75. The normalized spacial score (nSPS) is 10.3. The molecule has 0 atom stereocenters. The van der Waals surface area contributed by atoms with Gasteiger partial charge in [0.05, 0.1) is 6.20 Å². The minimum atomic E-state index is -1.05. The Labute approximate surface area is 77.3 Å². The van der Waals surface area contributed by atoms with E-state index >= 15 is 0 Å². The van der Waals surface area contributed by atoms with Crippen LogP contribution in [-0.4, -0.2) is 41.9 Å². The van der Waals surface area contributed by atoms with Crippen molar-refractivity contribution < 1.29 is 9.90 Å². The number of H-pyrrole nitrogens is 2. The molecule has 0 aliphatic rings. The van der Waals surface area contributed by atoms with Crippen molar-refractivity contribution in [2.75, 3.05) is 0 Å². The van der Waals surface area contributed by atoms with Gasteiger partial charge in [-0.05, 0) is 0 Å². The maximum absolute atomic E-state index is 10.7. The predicted molar refractivity (Wildman–Crippen MR) is 42.5 cm³/mol. The molecule has 2 aromatic heterocycles. The molecule has 0 bridgehead atoms. The summed E-state index contributed by atoms with van der Waals surface area (Å²) in [6.07, 6.45) is 1.72. The van der Waals surface area contributed by atoms with E-state index in [0.717, 1.165) is 0 Å². The van der Waals surface area contributed by atoms with Gasteiger partial charge < -0.3 is 5.11 Å². The Morgan fingerprint density at radius 3 is 3.07 bits per heavy atom. The molecule has 14 heavy (non-hydrogen) atoms. The van der Waals surface area contributed by atoms with Crippen LogP contribution < -0.4 is 0 Å². The maximum atomic E-state index is 10.7. The lowest BCUT2D eigenvalue weighted by atomic mass is 10.2. The summed E-state index contributed by atoms with van der Waals surface area (Å²) in [5.41, 5.74) is 0.578. The van der Waals surface area contributed by atoms with Crippen LogP contribution in [0, 0.1) is 0 Å². The molecule has 2 rings (SSSR count). The van der Waals surface area contributed by atoms with Crippen LogP contribution in [0.1, 0.15) is 21.9 Å². The maximum Gasteiger partial charge on any atom is 0.354 e. The Bertz CT molecular complexity index is 433. The van der Waals surface area contributed by atoms with Gasteiger partial charge in [0.25, 0.3) is 0 Å². The number of carboxylic acid groups (broad SMARTS) is 1. The van der Waals surface area contributed by atoms with Crippen molar-refractivity contribution in [2.45, 2.75) is 6.42 Å². The van der Waals surface area contributed by atoms with Crippen LogP contribution in [0.25, 0.3) is 0 Å². The molecule has 0 aliphatic heterocycles. The van der Waals surface area contributed by atoms with Crippen LogP contribution in [0.4, 0.5) is 0 Å². The Morgan fingerprint density at radius 1 is 1.57 bits per heavy atom. The minimum Gasteiger partial charge on any atom is -0.477 e. The molecule has 8 nitrogen and oxygen atoms in total. The Morgan fingerprint density at radius 2 is 2.43 bits per heavy atom. The molecular weight excluding hydrogens is 188 g/mol. The zero-order chi connectivity index (χ0) is 9.97. The minimum absolute atomic E-state index is 0.0507. The number of carbonyl (C=O) groups is 1. The molecule has 0 radical (unpaired) electrons. The van der Waals surface area contributed by atoms with Gasteiger partial charge in [-0.1, -0.05) is 5.21 Å². The van der Waals surface area contributed by atoms with Gasteiger partial charge in [0, 0.05) is 12.0 Å². The molecule has 72 valence electrons. The van der Waals surface area contributed by atoms with Gasteiger partial charge in [0.15, 0.2) is 5.82 Å². The number of rotatable bonds is 3. The van der Waals surface area contributed by atoms with Gasteiger partial charge in [-0.2, -0.15) is 10.3 Å². The Kier molecular flexibility index (Phi) is 1.94. The number of hydrogen-bond donors (Lipinski definition) is 3. The molecule has 0 saturated heterocycles. The van der Waals surface area contributed by atoms with Crippen molar-refractivity contribution in [1.82, 2.24) is 30.8 Å². The van der Waals surface area contributed by atoms with Crippen LogP contribution in [0.3, 0.4) is 0 Å². The summed E-state index contributed by atoms with van der Waals surface area (Å²) in [7, 11) is 0. The topological polar surface area (TPSA) is 120 Å². The van der Waals surface area contributed by atoms with E-state index in [-0.39, 0.29) is 12.1 Å². The number of aromatic carboxylic acids is 1. The number of aromatic amines is 2. The molecule has 0 saturated carbocycles. The molecule has 0 amide bonds. The van der Waals surface area contributed by atoms with Gasteiger partial charge in [0.2, 0.25) is 0 Å². The summed E-state index contributed by atoms with van der Waals surface area (Å²) in [6.45, 7) is 0. The van der Waals surface area contributed by atoms with Gasteiger partial charge in [0.1, 0.15) is 5.69 Å². The summed E-state index contributed by atoms with van der Waals surface area (Å²) in [5.74, 6) is -0.630. The van der Waals surface area contributed by atoms with Gasteiger partial charge in [-0.3, -0.25) is 5.10 Å². The van der Waals surface area contributed by atoms with Crippen LogP contribution in [0.5, 0.6) is 0 Å². The first-order chi connectivity index (χ1) is 6.77. The zero-order valence-electron chi connectivity index (χ0n) is 6.93. The molecule has 0 fully saturated rings. The molecule has 2 heterocycles. The number of nitrogens with zero attached hydrogens (tertiary/aromatic N) is 4. The summed E-state index contributed by atoms with van der Waals surface area (Å²) in [6, 6.07) is 0. The van der Waals surface area contributed by atoms with E-state index in [1.54, 1.807) is 0 Å². The third kappa shape index (κ3) is 1.44. The largest absolute Gasteiger partial charge is 0.477 e. The fourth-order valence-electron chi connectivity index (χ4n) is 1.06. The molecule has 0 unspecified atom stereocenters. The predicted octanol–water partition coefficient (Wildman–Crippen LogP) is -0.788. The van der Waals surface area contributed by atoms with Crippen molar-refractivity contribution in [3.63, 3.8) is 0 Å². The number of carboxylic acids is 1. The second-order valence-electron chi connectivity index (χ2n) is 2.58. The standard InChI is InChI=1S/C6H6N6O2/c13-6(14)5-3(2-7-10-5)1-4-8-11-12-9-4/h2H,1H2,(H,7,10)(H,13,14)(H,8,9,11,12). The lowest BCUT2D eigenvalue weighted by Crippen LogP contribution is -2.02. The van der Waals surface area contributed by atoms with Crippen LogP contribution in [0.2, 0.25) is 0 Å². The number of aromatic nitrogens is 6. The molecule has 0 aromatic carbocycles. The molecule has 2 aromatic rings. The van der Waals surface area contributed by atoms with Gasteiger partial charge >= 0.3 is 5.97 Å². The van der Waals surface area contributed by atoms with Crippen molar-refractivity contribution in [3.05, 3.63) is 23.3 Å². The van der Waals surface area contributed by atoms with Crippen molar-refractivity contribution in [1.29, 1.82) is 0 Å². The Balaban J connectivity index is 2.25. The molecule has 0 spiro atoms. The van der Waals surface area contributed by atoms with Crippen molar-refractivity contribution in [3.8, 4) is 0 Å². The van der Waals surface area contributed by atoms with E-state index in [2.05, 4.69) is 30.8 Å². The second kappa shape index (κ2) is 3.24. The first-order valence-corrected chi connectivity index (χ1v) is 3.75. The van der Waals surface area contributed by atoms with E-state index in [1.807, 2.05) is 0 Å². The number of nitrogens with one attached hydrogen (secondary N) is 2. The second-order valence-corrected chi connectivity index (χ2v) is 2.58. The summed E-state index contributed by atoms with van der Waals surface area (Å²) in [4.78, 5) is 10.7. The first kappa shape index (κ1) is 8.35. The lowest BCUT2D eigenvalue weighted by molar-refractivity contribution is 0.0689. The zero-order valence-corrected chi connectivity index (χ0v) is 6.93. The smallest absolute Gasteiger partial charge is 0.354 e. The molecule has 0 aliphatic carbocycles. The Hall–Kier alpha value is -2.25. The highest BCUT2D eigenvalue weighted by molar-refractivity contribution is 5.86. The highest BCUT2D eigenvalue weighted by atomic mass is 16.4. The average molecular weight is 194 g/mol. The third-order valence-electron chi connectivity index (χ3n) is 1.67. The van der Waals surface area contributed by atoms with E-state index in [9.17, 15) is 4.79 Å². The number of tetrazole rings is 1. The van der Waals surface area contributed by atoms with E-state index < -0.39 is 5.97 Å². The highest BCUT2D eigenvalue weighted by Gasteiger charge is 2.13.